The van der Waals surface area contributed by atoms with Gasteiger partial charge in [0.05, 0.1) is 36.9 Å². The fourth-order valence-corrected chi connectivity index (χ4v) is 6.51. The lowest BCUT2D eigenvalue weighted by Crippen LogP contribution is -2.53. The molecule has 3 N–H and O–H groups in total. The van der Waals surface area contributed by atoms with Crippen molar-refractivity contribution in [1.29, 1.82) is 0 Å². The molecule has 0 bridgehead atoms. The first-order chi connectivity index (χ1) is 20.9. The number of aliphatic hydroxyl groups excluding tert-OH is 1. The molecule has 2 amide bonds. The zero-order valence-electron chi connectivity index (χ0n) is 27.0. The van der Waals surface area contributed by atoms with E-state index in [1.165, 1.54) is 13.0 Å². The Morgan fingerprint density at radius 2 is 1.84 bits per heavy atom. The molecule has 11 heteroatoms. The van der Waals surface area contributed by atoms with E-state index < -0.39 is 29.9 Å². The fourth-order valence-electron chi connectivity index (χ4n) is 6.51. The lowest BCUT2D eigenvalue weighted by Gasteiger charge is -2.39. The van der Waals surface area contributed by atoms with E-state index in [1.54, 1.807) is 13.0 Å². The minimum absolute atomic E-state index is 0.00177. The Bertz CT molecular complexity index is 1120. The second-order valence-electron chi connectivity index (χ2n) is 12.8. The molecule has 11 nitrogen and oxygen atoms in total. The number of hydrogen-bond donors (Lipinski definition) is 3. The Kier molecular flexibility index (Phi) is 11.8. The molecular weight excluding hydrogens is 566 g/mol. The lowest BCUT2D eigenvalue weighted by molar-refractivity contribution is -0.151. The predicted octanol–water partition coefficient (Wildman–Crippen LogP) is 2.18. The van der Waals surface area contributed by atoms with E-state index in [0.29, 0.717) is 25.9 Å². The number of nitrogens with one attached hydrogen (secondary N) is 2. The third-order valence-electron chi connectivity index (χ3n) is 9.24. The lowest BCUT2D eigenvalue weighted by atomic mass is 9.84. The van der Waals surface area contributed by atoms with Crippen molar-refractivity contribution in [3.8, 4) is 0 Å². The van der Waals surface area contributed by atoms with E-state index in [0.717, 1.165) is 25.1 Å². The number of carbonyl (C=O) groups is 3. The maximum Gasteiger partial charge on any atom is 0.303 e. The normalized spacial score (nSPS) is 36.9. The minimum atomic E-state index is -0.804. The van der Waals surface area contributed by atoms with Gasteiger partial charge in [0, 0.05) is 45.6 Å². The van der Waals surface area contributed by atoms with Gasteiger partial charge in [-0.1, -0.05) is 30.7 Å². The maximum absolute atomic E-state index is 12.9. The van der Waals surface area contributed by atoms with Crippen molar-refractivity contribution < 1.29 is 38.4 Å². The Labute approximate surface area is 261 Å². The number of nitrogens with zero attached hydrogens (tertiary/aromatic N) is 1. The van der Waals surface area contributed by atoms with E-state index in [4.69, 9.17) is 18.9 Å². The van der Waals surface area contributed by atoms with Gasteiger partial charge in [-0.2, -0.15) is 0 Å². The highest BCUT2D eigenvalue weighted by atomic mass is 16.6. The van der Waals surface area contributed by atoms with Crippen molar-refractivity contribution in [2.45, 2.75) is 122 Å². The van der Waals surface area contributed by atoms with Gasteiger partial charge in [-0.15, -0.1) is 0 Å². The van der Waals surface area contributed by atoms with Crippen LogP contribution in [0, 0.1) is 5.92 Å². The second-order valence-corrected chi connectivity index (χ2v) is 12.8. The topological polar surface area (TPSA) is 139 Å². The summed E-state index contributed by atoms with van der Waals surface area (Å²) in [6.07, 6.45) is 8.79. The molecule has 0 saturated carbocycles. The molecule has 1 spiro atoms. The van der Waals surface area contributed by atoms with E-state index in [-0.39, 0.29) is 54.6 Å². The number of carbonyl (C=O) groups excluding carboxylic acids is 3. The van der Waals surface area contributed by atoms with Crippen LogP contribution in [0.1, 0.15) is 67.2 Å². The molecule has 44 heavy (non-hydrogen) atoms. The molecule has 10 atom stereocenters. The fraction of sp³-hybridized carbons (Fsp3) is 0.727. The van der Waals surface area contributed by atoms with Gasteiger partial charge in [0.15, 0.2) is 0 Å². The minimum Gasteiger partial charge on any atom is -0.459 e. The Morgan fingerprint density at radius 3 is 2.50 bits per heavy atom. The Hall–Kier alpha value is -2.57. The van der Waals surface area contributed by atoms with Crippen LogP contribution in [0.25, 0.3) is 0 Å². The zero-order valence-corrected chi connectivity index (χ0v) is 27.0. The molecule has 0 aromatic heterocycles. The first kappa shape index (κ1) is 34.3. The highest BCUT2D eigenvalue weighted by molar-refractivity contribution is 5.87. The third kappa shape index (κ3) is 9.00. The summed E-state index contributed by atoms with van der Waals surface area (Å²) in [6.45, 7) is 14.1. The van der Waals surface area contributed by atoms with Crippen molar-refractivity contribution >= 4 is 17.8 Å². The number of ether oxygens (including phenoxy) is 4. The number of amides is 2. The van der Waals surface area contributed by atoms with Crippen LogP contribution in [0.2, 0.25) is 0 Å². The monoisotopic (exact) mass is 617 g/mol. The third-order valence-corrected chi connectivity index (χ3v) is 9.24. The van der Waals surface area contributed by atoms with Crippen molar-refractivity contribution in [3.05, 3.63) is 36.0 Å². The SMILES string of the molecule is CC(=O)OC(C)/C=C\C(=O)NC1CC(C)C(C/C=C(C)/C=C/C2O[C@H](CC(=O)N3CCNCC3)CC3(OC3C)[C@@H]2O)OC1C. The Morgan fingerprint density at radius 1 is 1.14 bits per heavy atom. The van der Waals surface area contributed by atoms with E-state index in [2.05, 4.69) is 23.6 Å². The van der Waals surface area contributed by atoms with Gasteiger partial charge in [0.1, 0.15) is 23.9 Å². The summed E-state index contributed by atoms with van der Waals surface area (Å²) in [5, 5.41) is 17.4. The molecule has 4 aliphatic rings. The van der Waals surface area contributed by atoms with Crippen molar-refractivity contribution in [1.82, 2.24) is 15.5 Å². The van der Waals surface area contributed by atoms with Gasteiger partial charge in [0.25, 0.3) is 0 Å². The average molecular weight is 618 g/mol. The smallest absolute Gasteiger partial charge is 0.303 e. The number of aliphatic hydroxyl groups is 1. The molecule has 8 unspecified atom stereocenters. The highest BCUT2D eigenvalue weighted by Crippen LogP contribution is 2.49. The molecule has 0 aromatic carbocycles. The molecule has 4 heterocycles. The maximum atomic E-state index is 12.9. The van der Waals surface area contributed by atoms with E-state index >= 15 is 0 Å². The summed E-state index contributed by atoms with van der Waals surface area (Å²) in [4.78, 5) is 38.3. The summed E-state index contributed by atoms with van der Waals surface area (Å²) in [5.74, 6) is -0.334. The summed E-state index contributed by atoms with van der Waals surface area (Å²) < 4.78 is 23.5. The number of esters is 1. The van der Waals surface area contributed by atoms with Crippen molar-refractivity contribution in [2.75, 3.05) is 26.2 Å². The van der Waals surface area contributed by atoms with Crippen LogP contribution in [0.3, 0.4) is 0 Å². The highest BCUT2D eigenvalue weighted by Gasteiger charge is 2.64. The summed E-state index contributed by atoms with van der Waals surface area (Å²) in [5.41, 5.74) is 0.355. The number of hydrogen-bond acceptors (Lipinski definition) is 9. The van der Waals surface area contributed by atoms with Crippen LogP contribution in [-0.2, 0) is 33.3 Å². The quantitative estimate of drug-likeness (QED) is 0.146. The number of piperazine rings is 1. The second kappa shape index (κ2) is 15.1. The molecule has 4 aliphatic heterocycles. The summed E-state index contributed by atoms with van der Waals surface area (Å²) >= 11 is 0. The van der Waals surface area contributed by atoms with Gasteiger partial charge >= 0.3 is 5.97 Å². The zero-order chi connectivity index (χ0) is 32.0. The van der Waals surface area contributed by atoms with Crippen LogP contribution in [0.5, 0.6) is 0 Å². The molecule has 0 aromatic rings. The van der Waals surface area contributed by atoms with E-state index in [9.17, 15) is 19.5 Å². The molecule has 4 rings (SSSR count). The van der Waals surface area contributed by atoms with Crippen LogP contribution in [0.4, 0.5) is 0 Å². The van der Waals surface area contributed by atoms with Crippen LogP contribution in [-0.4, -0.2) is 108 Å². The number of epoxide rings is 1. The van der Waals surface area contributed by atoms with Gasteiger partial charge in [-0.3, -0.25) is 14.4 Å². The Balaban J connectivity index is 1.28. The van der Waals surface area contributed by atoms with E-state index in [1.807, 2.05) is 37.8 Å². The molecule has 4 saturated heterocycles. The van der Waals surface area contributed by atoms with Crippen LogP contribution < -0.4 is 10.6 Å². The standard InChI is InChI=1S/C33H51N3O8/c1-20(7-10-28-21(2)17-27(23(4)42-28)35-30(38)12-9-22(3)41-25(6)37)8-11-29-32(40)33(24(5)44-33)19-26(43-29)18-31(39)36-15-13-34-14-16-36/h7-9,11-12,21-24,26-29,32,34,40H,10,13-19H2,1-6H3,(H,35,38)/b11-8+,12-9-,20-7+/t21?,22?,23?,24?,26-,27?,28?,29?,32-,33?/m1/s1. The largest absolute Gasteiger partial charge is 0.459 e. The molecule has 0 radical (unpaired) electrons. The first-order valence-electron chi connectivity index (χ1n) is 16.0. The summed E-state index contributed by atoms with van der Waals surface area (Å²) in [7, 11) is 0. The molecular formula is C33H51N3O8. The number of allylic oxidation sites excluding steroid dienone is 2. The van der Waals surface area contributed by atoms with Crippen LogP contribution in [0.15, 0.2) is 36.0 Å². The summed E-state index contributed by atoms with van der Waals surface area (Å²) in [6, 6.07) is -0.122. The van der Waals surface area contributed by atoms with Crippen molar-refractivity contribution in [3.63, 3.8) is 0 Å². The van der Waals surface area contributed by atoms with Gasteiger partial charge < -0.3 is 39.6 Å². The van der Waals surface area contributed by atoms with Crippen LogP contribution >= 0.6 is 0 Å². The predicted molar refractivity (Wildman–Crippen MR) is 165 cm³/mol. The number of rotatable bonds is 10. The van der Waals surface area contributed by atoms with Crippen molar-refractivity contribution in [2.24, 2.45) is 5.92 Å². The average Bonchev–Trinajstić information content (AvgIpc) is 3.62. The molecule has 4 fully saturated rings. The van der Waals surface area contributed by atoms with Gasteiger partial charge in [-0.05, 0) is 52.5 Å². The van der Waals surface area contributed by atoms with Gasteiger partial charge in [0.2, 0.25) is 11.8 Å². The molecule has 0 aliphatic carbocycles. The first-order valence-corrected chi connectivity index (χ1v) is 16.0. The van der Waals surface area contributed by atoms with Gasteiger partial charge in [-0.25, -0.2) is 0 Å². The molecule has 246 valence electrons.